The monoisotopic (exact) mass is 627 g/mol. The van der Waals surface area contributed by atoms with Gasteiger partial charge in [0.1, 0.15) is 17.2 Å². The number of carbonyl (C=O) groups is 1. The summed E-state index contributed by atoms with van der Waals surface area (Å²) in [5, 5.41) is 14.6. The Morgan fingerprint density at radius 1 is 1.16 bits per heavy atom. The van der Waals surface area contributed by atoms with Crippen molar-refractivity contribution in [1.82, 2.24) is 19.3 Å². The van der Waals surface area contributed by atoms with Crippen LogP contribution in [0.2, 0.25) is 0 Å². The fourth-order valence-corrected chi connectivity index (χ4v) is 6.63. The van der Waals surface area contributed by atoms with Crippen LogP contribution in [-0.2, 0) is 29.5 Å². The van der Waals surface area contributed by atoms with Crippen molar-refractivity contribution in [2.24, 2.45) is 0 Å². The molecule has 6 aromatic rings. The summed E-state index contributed by atoms with van der Waals surface area (Å²) in [6, 6.07) is 14.0. The van der Waals surface area contributed by atoms with E-state index in [0.29, 0.717) is 68.8 Å². The van der Waals surface area contributed by atoms with Gasteiger partial charge in [-0.25, -0.2) is 17.8 Å². The summed E-state index contributed by atoms with van der Waals surface area (Å²) in [6.45, 7) is 2.62. The van der Waals surface area contributed by atoms with Crippen LogP contribution >= 0.6 is 0 Å². The molecule has 1 aliphatic heterocycles. The fraction of sp³-hybridized carbons (Fsp3) is 0.242. The Balaban J connectivity index is 1.48. The van der Waals surface area contributed by atoms with E-state index in [1.807, 2.05) is 24.3 Å². The van der Waals surface area contributed by atoms with Crippen molar-refractivity contribution in [3.63, 3.8) is 0 Å². The highest BCUT2D eigenvalue weighted by Gasteiger charge is 2.28. The zero-order chi connectivity index (χ0) is 31.6. The Morgan fingerprint density at radius 3 is 2.73 bits per heavy atom. The van der Waals surface area contributed by atoms with Gasteiger partial charge in [-0.05, 0) is 42.3 Å². The van der Waals surface area contributed by atoms with Crippen LogP contribution in [0.15, 0.2) is 65.3 Å². The van der Waals surface area contributed by atoms with Crippen molar-refractivity contribution in [3.05, 3.63) is 77.9 Å². The molecule has 45 heavy (non-hydrogen) atoms. The van der Waals surface area contributed by atoms with Gasteiger partial charge in [0.2, 0.25) is 10.0 Å². The van der Waals surface area contributed by atoms with Crippen LogP contribution in [0.1, 0.15) is 29.3 Å². The Hall–Kier alpha value is -4.81. The van der Waals surface area contributed by atoms with E-state index in [2.05, 4.69) is 9.67 Å². The zero-order valence-corrected chi connectivity index (χ0v) is 25.7. The lowest BCUT2D eigenvalue weighted by Crippen LogP contribution is -2.25. The average Bonchev–Trinajstić information content (AvgIpc) is 3.75. The number of pyridine rings is 1. The number of furan rings is 1. The lowest BCUT2D eigenvalue weighted by Gasteiger charge is -2.23. The molecular weight excluding hydrogens is 597 g/mol. The minimum Gasteiger partial charge on any atom is -0.455 e. The number of rotatable bonds is 8. The third-order valence-electron chi connectivity index (χ3n) is 8.46. The van der Waals surface area contributed by atoms with Crippen LogP contribution < -0.4 is 4.31 Å². The molecule has 1 N–H and O–H groups in total. The molecule has 0 atom stereocenters. The quantitative estimate of drug-likeness (QED) is 0.216. The lowest BCUT2D eigenvalue weighted by atomic mass is 9.97. The number of sulfonamides is 1. The summed E-state index contributed by atoms with van der Waals surface area (Å²) in [4.78, 5) is 18.4. The van der Waals surface area contributed by atoms with Crippen LogP contribution in [0.4, 0.5) is 10.1 Å². The predicted octanol–water partition coefficient (Wildman–Crippen LogP) is 5.66. The minimum atomic E-state index is -3.71. The molecule has 0 spiro atoms. The number of Topliss-reactive ketones (excluding diaryl/α,β-unsaturated/α-hetero) is 1. The SMILES string of the molecule is CCC(=O)c1c(-c2cnn(CCO)c2)oc2cc(N(C)S(C)(=O)=O)c(-c3ccc4c(n3)-c3cc5c(F)cccc5n3CC4)cc12. The van der Waals surface area contributed by atoms with Gasteiger partial charge in [0.25, 0.3) is 0 Å². The number of ketones is 1. The molecule has 2 aromatic carbocycles. The third kappa shape index (κ3) is 4.72. The van der Waals surface area contributed by atoms with Gasteiger partial charge >= 0.3 is 0 Å². The Kier molecular flexibility index (Phi) is 6.86. The normalized spacial score (nSPS) is 12.9. The van der Waals surface area contributed by atoms with Gasteiger partial charge < -0.3 is 14.1 Å². The molecule has 0 unspecified atom stereocenters. The highest BCUT2D eigenvalue weighted by Crippen LogP contribution is 2.43. The average molecular weight is 628 g/mol. The molecule has 0 radical (unpaired) electrons. The Morgan fingerprint density at radius 2 is 1.98 bits per heavy atom. The summed E-state index contributed by atoms with van der Waals surface area (Å²) in [7, 11) is -2.25. The first kappa shape index (κ1) is 28.9. The predicted molar refractivity (Wildman–Crippen MR) is 170 cm³/mol. The van der Waals surface area contributed by atoms with Crippen LogP contribution in [0.5, 0.6) is 0 Å². The van der Waals surface area contributed by atoms with Crippen LogP contribution in [0, 0.1) is 5.82 Å². The molecule has 0 bridgehead atoms. The molecule has 10 nitrogen and oxygen atoms in total. The molecule has 0 aliphatic carbocycles. The van der Waals surface area contributed by atoms with Gasteiger partial charge in [0, 0.05) is 48.6 Å². The number of nitrogens with zero attached hydrogens (tertiary/aromatic N) is 5. The van der Waals surface area contributed by atoms with E-state index in [4.69, 9.17) is 9.40 Å². The van der Waals surface area contributed by atoms with E-state index in [1.54, 1.807) is 42.2 Å². The first-order chi connectivity index (χ1) is 21.6. The molecule has 1 aliphatic rings. The van der Waals surface area contributed by atoms with Crippen molar-refractivity contribution in [2.75, 3.05) is 24.2 Å². The van der Waals surface area contributed by atoms with Crippen molar-refractivity contribution in [3.8, 4) is 34.0 Å². The number of benzene rings is 2. The van der Waals surface area contributed by atoms with Gasteiger partial charge in [0.05, 0.1) is 65.0 Å². The van der Waals surface area contributed by atoms with Crippen molar-refractivity contribution in [1.29, 1.82) is 0 Å². The summed E-state index contributed by atoms with van der Waals surface area (Å²) in [5.41, 5.74) is 5.83. The standard InChI is InChI=1S/C33H30FN5O5S/c1-4-29(41)31-23-14-22(25-9-8-19-10-11-39-26-7-5-6-24(34)21(26)15-28(39)32(19)36-25)27(37(2)45(3,42)43)16-30(23)44-33(31)20-17-35-38(18-20)12-13-40/h5-9,14-18,40H,4,10-13H2,1-3H3. The maximum atomic E-state index is 14.7. The van der Waals surface area contributed by atoms with Crippen LogP contribution in [-0.4, -0.2) is 58.5 Å². The largest absolute Gasteiger partial charge is 0.455 e. The number of hydrogen-bond donors (Lipinski definition) is 1. The van der Waals surface area contributed by atoms with Crippen molar-refractivity contribution in [2.45, 2.75) is 32.9 Å². The summed E-state index contributed by atoms with van der Waals surface area (Å²) in [5.74, 6) is -0.143. The van der Waals surface area contributed by atoms with Crippen molar-refractivity contribution < 1.29 is 27.1 Å². The number of aromatic nitrogens is 4. The second kappa shape index (κ2) is 10.7. The van der Waals surface area contributed by atoms with E-state index < -0.39 is 10.0 Å². The fourth-order valence-electron chi connectivity index (χ4n) is 6.12. The number of halogens is 1. The van der Waals surface area contributed by atoms with Gasteiger partial charge in [-0.15, -0.1) is 0 Å². The minimum absolute atomic E-state index is 0.101. The highest BCUT2D eigenvalue weighted by atomic mass is 32.2. The van der Waals surface area contributed by atoms with E-state index in [-0.39, 0.29) is 31.2 Å². The summed E-state index contributed by atoms with van der Waals surface area (Å²) < 4.78 is 51.5. The number of aryl methyl sites for hydroxylation is 2. The molecule has 12 heteroatoms. The first-order valence-electron chi connectivity index (χ1n) is 14.6. The Labute approximate surface area is 258 Å². The zero-order valence-electron chi connectivity index (χ0n) is 24.9. The number of aliphatic hydroxyl groups is 1. The first-order valence-corrected chi connectivity index (χ1v) is 16.4. The number of aliphatic hydroxyl groups excluding tert-OH is 1. The summed E-state index contributed by atoms with van der Waals surface area (Å²) in [6.07, 6.45) is 5.29. The third-order valence-corrected chi connectivity index (χ3v) is 9.65. The molecular formula is C33H30FN5O5S. The van der Waals surface area contributed by atoms with E-state index in [9.17, 15) is 22.7 Å². The maximum Gasteiger partial charge on any atom is 0.232 e. The van der Waals surface area contributed by atoms with E-state index in [1.165, 1.54) is 13.1 Å². The highest BCUT2D eigenvalue weighted by molar-refractivity contribution is 7.92. The maximum absolute atomic E-state index is 14.7. The Bertz CT molecular complexity index is 2270. The smallest absolute Gasteiger partial charge is 0.232 e. The molecule has 230 valence electrons. The van der Waals surface area contributed by atoms with Gasteiger partial charge in [-0.3, -0.25) is 13.8 Å². The second-order valence-corrected chi connectivity index (χ2v) is 13.2. The molecule has 0 amide bonds. The van der Waals surface area contributed by atoms with E-state index >= 15 is 0 Å². The summed E-state index contributed by atoms with van der Waals surface area (Å²) >= 11 is 0. The number of carbonyl (C=O) groups excluding carboxylic acids is 1. The second-order valence-electron chi connectivity index (χ2n) is 11.2. The number of fused-ring (bicyclic) bond motifs is 6. The molecule has 7 rings (SSSR count). The molecule has 0 saturated heterocycles. The molecule has 5 heterocycles. The lowest BCUT2D eigenvalue weighted by molar-refractivity contribution is 0.0989. The number of anilines is 1. The van der Waals surface area contributed by atoms with Gasteiger partial charge in [0.15, 0.2) is 5.78 Å². The number of hydrogen-bond acceptors (Lipinski definition) is 7. The van der Waals surface area contributed by atoms with Crippen LogP contribution in [0.3, 0.4) is 0 Å². The van der Waals surface area contributed by atoms with Gasteiger partial charge in [-0.2, -0.15) is 5.10 Å². The topological polar surface area (TPSA) is 123 Å². The van der Waals surface area contributed by atoms with Crippen molar-refractivity contribution >= 4 is 43.4 Å². The van der Waals surface area contributed by atoms with E-state index in [0.717, 1.165) is 27.3 Å². The molecule has 0 fully saturated rings. The van der Waals surface area contributed by atoms with Gasteiger partial charge in [-0.1, -0.05) is 19.1 Å². The van der Waals surface area contributed by atoms with Crippen LogP contribution in [0.25, 0.3) is 55.8 Å². The molecule has 0 saturated carbocycles. The molecule has 4 aromatic heterocycles.